The highest BCUT2D eigenvalue weighted by molar-refractivity contribution is 7.80. The Hall–Kier alpha value is -1.27. The van der Waals surface area contributed by atoms with E-state index in [4.69, 9.17) is 26.0 Å². The second-order valence-electron chi connectivity index (χ2n) is 6.13. The van der Waals surface area contributed by atoms with Gasteiger partial charge in [-0.25, -0.2) is 0 Å². The van der Waals surface area contributed by atoms with E-state index in [0.29, 0.717) is 18.9 Å². The Bertz CT molecular complexity index is 621. The number of ether oxygens (including phenoxy) is 1. The van der Waals surface area contributed by atoms with Crippen LogP contribution in [0.1, 0.15) is 41.0 Å². The maximum Gasteiger partial charge on any atom is 0.331 e. The van der Waals surface area contributed by atoms with E-state index in [1.807, 2.05) is 65.0 Å². The molecule has 0 unspecified atom stereocenters. The average Bonchev–Trinajstić information content (AvgIpc) is 2.52. The third-order valence-corrected chi connectivity index (χ3v) is 5.35. The normalized spacial score (nSPS) is 12.5. The van der Waals surface area contributed by atoms with Gasteiger partial charge in [0.2, 0.25) is 0 Å². The summed E-state index contributed by atoms with van der Waals surface area (Å²) in [5.74, 6) is 0.404. The molecule has 8 heteroatoms. The molecular weight excluding hydrogens is 371 g/mol. The number of nitrogens with zero attached hydrogens (tertiary/aromatic N) is 1. The summed E-state index contributed by atoms with van der Waals surface area (Å²) in [4.78, 5) is 4.31. The van der Waals surface area contributed by atoms with Crippen molar-refractivity contribution in [2.75, 3.05) is 18.1 Å². The summed E-state index contributed by atoms with van der Waals surface area (Å²) in [6.07, 6.45) is 0.0814. The summed E-state index contributed by atoms with van der Waals surface area (Å²) in [5, 5.41) is 3.31. The Balaban J connectivity index is 2.78. The molecule has 0 heterocycles. The van der Waals surface area contributed by atoms with Gasteiger partial charge in [0.05, 0.1) is 25.0 Å². The first kappa shape index (κ1) is 22.8. The molecule has 0 radical (unpaired) electrons. The van der Waals surface area contributed by atoms with Crippen LogP contribution in [0, 0.1) is 0 Å². The first-order valence-corrected chi connectivity index (χ1v) is 10.9. The maximum absolute atomic E-state index is 12.9. The van der Waals surface area contributed by atoms with E-state index >= 15 is 0 Å². The molecule has 1 aromatic carbocycles. The Kier molecular flexibility index (Phi) is 10.0. The molecule has 0 aromatic heterocycles. The second-order valence-corrected chi connectivity index (χ2v) is 8.60. The fourth-order valence-electron chi connectivity index (χ4n) is 2.12. The van der Waals surface area contributed by atoms with Gasteiger partial charge in [0, 0.05) is 12.1 Å². The molecule has 0 spiro atoms. The molecule has 26 heavy (non-hydrogen) atoms. The van der Waals surface area contributed by atoms with Gasteiger partial charge in [0.25, 0.3) is 0 Å². The molecule has 1 aromatic rings. The first-order valence-electron chi connectivity index (χ1n) is 8.76. The van der Waals surface area contributed by atoms with E-state index < -0.39 is 7.60 Å². The van der Waals surface area contributed by atoms with E-state index in [2.05, 4.69) is 10.3 Å². The van der Waals surface area contributed by atoms with Crippen molar-refractivity contribution in [1.29, 1.82) is 0 Å². The second kappa shape index (κ2) is 11.4. The lowest BCUT2D eigenvalue weighted by molar-refractivity contribution is 0.142. The number of hydrogen-bond donors (Lipinski definition) is 1. The van der Waals surface area contributed by atoms with Gasteiger partial charge in [0.1, 0.15) is 0 Å². The molecule has 0 aliphatic carbocycles. The van der Waals surface area contributed by atoms with Crippen LogP contribution in [-0.2, 0) is 18.3 Å². The quantitative estimate of drug-likeness (QED) is 0.264. The topological polar surface area (TPSA) is 69.2 Å². The predicted octanol–water partition coefficient (Wildman–Crippen LogP) is 5.25. The highest BCUT2D eigenvalue weighted by Gasteiger charge is 2.28. The van der Waals surface area contributed by atoms with Crippen molar-refractivity contribution in [3.8, 4) is 0 Å². The molecule has 0 amide bonds. The fourth-order valence-corrected chi connectivity index (χ4v) is 4.35. The van der Waals surface area contributed by atoms with Crippen LogP contribution >= 0.6 is 19.8 Å². The Morgan fingerprint density at radius 2 is 1.73 bits per heavy atom. The van der Waals surface area contributed by atoms with Crippen LogP contribution < -0.4 is 5.32 Å². The minimum absolute atomic E-state index is 0.177. The molecule has 0 saturated heterocycles. The van der Waals surface area contributed by atoms with Crippen molar-refractivity contribution >= 4 is 36.5 Å². The molecule has 0 aliphatic rings. The number of para-hydroxylation sites is 1. The number of thiocarbonyl (C=S) groups is 1. The molecule has 1 rings (SSSR count). The number of hydrogen-bond acceptors (Lipinski definition) is 5. The van der Waals surface area contributed by atoms with Crippen LogP contribution in [0.5, 0.6) is 0 Å². The van der Waals surface area contributed by atoms with Gasteiger partial charge in [-0.1, -0.05) is 18.2 Å². The van der Waals surface area contributed by atoms with Crippen molar-refractivity contribution in [2.45, 2.75) is 53.2 Å². The summed E-state index contributed by atoms with van der Waals surface area (Å²) >= 11 is 5.26. The molecule has 0 bridgehead atoms. The van der Waals surface area contributed by atoms with Crippen LogP contribution in [-0.4, -0.2) is 36.0 Å². The Morgan fingerprint density at radius 3 is 2.23 bits per heavy atom. The van der Waals surface area contributed by atoms with Crippen LogP contribution in [0.2, 0.25) is 0 Å². The zero-order valence-electron chi connectivity index (χ0n) is 16.1. The Morgan fingerprint density at radius 1 is 1.15 bits per heavy atom. The minimum atomic E-state index is -3.24. The zero-order chi connectivity index (χ0) is 19.6. The number of nitrogens with one attached hydrogen (secondary N) is 1. The summed E-state index contributed by atoms with van der Waals surface area (Å²) in [5.41, 5.74) is 0.842. The molecule has 0 aliphatic heterocycles. The highest BCUT2D eigenvalue weighted by Crippen LogP contribution is 2.51. The van der Waals surface area contributed by atoms with Crippen molar-refractivity contribution in [2.24, 2.45) is 4.99 Å². The summed E-state index contributed by atoms with van der Waals surface area (Å²) < 4.78 is 29.6. The van der Waals surface area contributed by atoms with Gasteiger partial charge in [-0.3, -0.25) is 4.57 Å². The standard InChI is InChI=1S/C18H29N2O4PS/c1-6-22-17(20-18(26)19-16-10-8-7-9-11-16)12-13-25(21,23-14(2)3)24-15(4)5/h7-11,14-15H,6,12-13H2,1-5H3,(H,19,26). The minimum Gasteiger partial charge on any atom is -0.481 e. The molecule has 0 saturated carbocycles. The van der Waals surface area contributed by atoms with Crippen LogP contribution in [0.25, 0.3) is 0 Å². The lowest BCUT2D eigenvalue weighted by Crippen LogP contribution is -2.16. The highest BCUT2D eigenvalue weighted by atomic mass is 32.1. The molecular formula is C18H29N2O4PS. The molecule has 1 N–H and O–H groups in total. The van der Waals surface area contributed by atoms with Gasteiger partial charge >= 0.3 is 7.60 Å². The number of benzene rings is 1. The molecule has 0 fully saturated rings. The maximum atomic E-state index is 12.9. The van der Waals surface area contributed by atoms with Crippen LogP contribution in [0.3, 0.4) is 0 Å². The summed E-state index contributed by atoms with van der Waals surface area (Å²) in [6, 6.07) is 9.51. The average molecular weight is 400 g/mol. The monoisotopic (exact) mass is 400 g/mol. The van der Waals surface area contributed by atoms with Crippen molar-refractivity contribution in [1.82, 2.24) is 0 Å². The lowest BCUT2D eigenvalue weighted by atomic mass is 10.3. The van der Waals surface area contributed by atoms with E-state index in [1.165, 1.54) is 0 Å². The smallest absolute Gasteiger partial charge is 0.331 e. The number of aliphatic imine (C=N–C) groups is 1. The first-order chi connectivity index (χ1) is 12.2. The third kappa shape index (κ3) is 9.43. The molecule has 146 valence electrons. The van der Waals surface area contributed by atoms with E-state index in [1.54, 1.807) is 0 Å². The molecule has 0 atom stereocenters. The van der Waals surface area contributed by atoms with E-state index in [0.717, 1.165) is 5.69 Å². The lowest BCUT2D eigenvalue weighted by Gasteiger charge is -2.23. The third-order valence-electron chi connectivity index (χ3n) is 2.90. The van der Waals surface area contributed by atoms with E-state index in [9.17, 15) is 4.57 Å². The SMILES string of the molecule is CCOC(CCP(=O)(OC(C)C)OC(C)C)=NC(=S)Nc1ccccc1. The predicted molar refractivity (Wildman–Crippen MR) is 111 cm³/mol. The van der Waals surface area contributed by atoms with Gasteiger partial charge in [-0.15, -0.1) is 0 Å². The largest absolute Gasteiger partial charge is 0.481 e. The van der Waals surface area contributed by atoms with Gasteiger partial charge in [-0.05, 0) is 59.0 Å². The van der Waals surface area contributed by atoms with Crippen molar-refractivity contribution < 1.29 is 18.3 Å². The number of rotatable bonds is 9. The summed E-state index contributed by atoms with van der Waals surface area (Å²) in [7, 11) is -3.24. The number of anilines is 1. The van der Waals surface area contributed by atoms with Crippen LogP contribution in [0.15, 0.2) is 35.3 Å². The van der Waals surface area contributed by atoms with Crippen LogP contribution in [0.4, 0.5) is 5.69 Å². The fraction of sp³-hybridized carbons (Fsp3) is 0.556. The van der Waals surface area contributed by atoms with E-state index in [-0.39, 0.29) is 23.5 Å². The Labute approximate surface area is 161 Å². The zero-order valence-corrected chi connectivity index (χ0v) is 17.8. The summed E-state index contributed by atoms with van der Waals surface area (Å²) in [6.45, 7) is 9.60. The van der Waals surface area contributed by atoms with Gasteiger partial charge in [0.15, 0.2) is 11.0 Å². The van der Waals surface area contributed by atoms with Crippen molar-refractivity contribution in [3.05, 3.63) is 30.3 Å². The molecule has 6 nitrogen and oxygen atoms in total. The van der Waals surface area contributed by atoms with Gasteiger partial charge < -0.3 is 19.1 Å². The van der Waals surface area contributed by atoms with Crippen molar-refractivity contribution in [3.63, 3.8) is 0 Å². The van der Waals surface area contributed by atoms with Gasteiger partial charge in [-0.2, -0.15) is 4.99 Å².